The quantitative estimate of drug-likeness (QED) is 0.906. The molecule has 1 N–H and O–H groups in total. The Morgan fingerprint density at radius 2 is 2.18 bits per heavy atom. The lowest BCUT2D eigenvalue weighted by atomic mass is 10.1. The summed E-state index contributed by atoms with van der Waals surface area (Å²) in [7, 11) is 0. The van der Waals surface area contributed by atoms with Crippen molar-refractivity contribution in [3.05, 3.63) is 29.8 Å². The number of amides is 1. The molecule has 0 aromatic heterocycles. The molecule has 22 heavy (non-hydrogen) atoms. The second-order valence-electron chi connectivity index (χ2n) is 5.15. The molecule has 6 nitrogen and oxygen atoms in total. The van der Waals surface area contributed by atoms with E-state index >= 15 is 0 Å². The molecular formula is C15H15FN2O4. The average molecular weight is 306 g/mol. The van der Waals surface area contributed by atoms with Crippen LogP contribution in [0, 0.1) is 11.3 Å². The number of carboxylic acids is 1. The normalized spacial score (nSPS) is 22.0. The molecule has 7 heteroatoms. The van der Waals surface area contributed by atoms with Gasteiger partial charge in [0.05, 0.1) is 12.1 Å². The molecule has 1 fully saturated rings. The molecular weight excluding hydrogens is 291 g/mol. The van der Waals surface area contributed by atoms with Gasteiger partial charge in [0, 0.05) is 13.0 Å². The zero-order chi connectivity index (χ0) is 16.3. The number of benzene rings is 1. The molecule has 2 unspecified atom stereocenters. The lowest BCUT2D eigenvalue weighted by Gasteiger charge is -2.22. The molecule has 0 aliphatic carbocycles. The van der Waals surface area contributed by atoms with Crippen LogP contribution in [-0.4, -0.2) is 46.7 Å². The molecule has 0 saturated carbocycles. The topological polar surface area (TPSA) is 90.6 Å². The summed E-state index contributed by atoms with van der Waals surface area (Å²) in [6, 6.07) is 8.40. The van der Waals surface area contributed by atoms with E-state index in [2.05, 4.69) is 0 Å². The van der Waals surface area contributed by atoms with E-state index in [1.807, 2.05) is 6.07 Å². The van der Waals surface area contributed by atoms with Gasteiger partial charge in [-0.15, -0.1) is 0 Å². The van der Waals surface area contributed by atoms with Gasteiger partial charge in [0.2, 0.25) is 5.67 Å². The van der Waals surface area contributed by atoms with Crippen molar-refractivity contribution in [2.24, 2.45) is 0 Å². The minimum atomic E-state index is -2.40. The van der Waals surface area contributed by atoms with Crippen LogP contribution >= 0.6 is 0 Å². The third kappa shape index (κ3) is 3.01. The summed E-state index contributed by atoms with van der Waals surface area (Å²) in [6.45, 7) is 1.01. The van der Waals surface area contributed by atoms with Gasteiger partial charge < -0.3 is 14.7 Å². The van der Waals surface area contributed by atoms with Crippen molar-refractivity contribution in [2.75, 3.05) is 13.1 Å². The van der Waals surface area contributed by atoms with Crippen molar-refractivity contribution >= 4 is 11.9 Å². The third-order valence-electron chi connectivity index (χ3n) is 3.57. The zero-order valence-electron chi connectivity index (χ0n) is 12.0. The number of hydrogen-bond donors (Lipinski definition) is 1. The maximum absolute atomic E-state index is 14.0. The molecule has 1 aliphatic rings. The number of carbonyl (C=O) groups is 2. The van der Waals surface area contributed by atoms with Crippen LogP contribution in [0.3, 0.4) is 0 Å². The lowest BCUT2D eigenvalue weighted by molar-refractivity contribution is -0.150. The monoisotopic (exact) mass is 306 g/mol. The van der Waals surface area contributed by atoms with E-state index in [9.17, 15) is 14.0 Å². The van der Waals surface area contributed by atoms with Crippen LogP contribution in [0.4, 0.5) is 4.39 Å². The first-order chi connectivity index (χ1) is 10.4. The van der Waals surface area contributed by atoms with E-state index in [0.717, 1.165) is 4.90 Å². The summed E-state index contributed by atoms with van der Waals surface area (Å²) >= 11 is 0. The first-order valence-electron chi connectivity index (χ1n) is 6.74. The van der Waals surface area contributed by atoms with E-state index < -0.39 is 30.2 Å². The van der Waals surface area contributed by atoms with Crippen molar-refractivity contribution in [1.29, 1.82) is 5.26 Å². The van der Waals surface area contributed by atoms with Crippen LogP contribution in [0.25, 0.3) is 0 Å². The van der Waals surface area contributed by atoms with Gasteiger partial charge in [-0.25, -0.2) is 9.18 Å². The summed E-state index contributed by atoms with van der Waals surface area (Å²) in [5.74, 6) is -1.81. The third-order valence-corrected chi connectivity index (χ3v) is 3.57. The Bertz CT molecular complexity index is 643. The summed E-state index contributed by atoms with van der Waals surface area (Å²) in [6.07, 6.45) is -1.18. The maximum Gasteiger partial charge on any atom is 0.343 e. The van der Waals surface area contributed by atoms with E-state index in [1.165, 1.54) is 6.92 Å². The van der Waals surface area contributed by atoms with Gasteiger partial charge in [0.15, 0.2) is 6.10 Å². The Morgan fingerprint density at radius 1 is 1.50 bits per heavy atom. The van der Waals surface area contributed by atoms with E-state index in [0.29, 0.717) is 0 Å². The maximum atomic E-state index is 14.0. The molecule has 0 bridgehead atoms. The second-order valence-corrected chi connectivity index (χ2v) is 5.15. The van der Waals surface area contributed by atoms with Crippen molar-refractivity contribution < 1.29 is 23.8 Å². The second kappa shape index (κ2) is 6.02. The molecule has 0 radical (unpaired) electrons. The zero-order valence-corrected chi connectivity index (χ0v) is 12.0. The molecule has 1 aromatic rings. The van der Waals surface area contributed by atoms with Crippen LogP contribution in [0.1, 0.15) is 18.9 Å². The molecule has 1 aliphatic heterocycles. The highest BCUT2D eigenvalue weighted by molar-refractivity contribution is 5.84. The molecule has 1 aromatic carbocycles. The predicted molar refractivity (Wildman–Crippen MR) is 73.9 cm³/mol. The Morgan fingerprint density at radius 3 is 2.77 bits per heavy atom. The van der Waals surface area contributed by atoms with E-state index in [-0.39, 0.29) is 24.3 Å². The van der Waals surface area contributed by atoms with E-state index in [4.69, 9.17) is 15.1 Å². The molecule has 2 rings (SSSR count). The van der Waals surface area contributed by atoms with Crippen molar-refractivity contribution in [2.45, 2.75) is 25.1 Å². The van der Waals surface area contributed by atoms with Gasteiger partial charge in [-0.2, -0.15) is 5.26 Å². The van der Waals surface area contributed by atoms with Crippen LogP contribution in [0.5, 0.6) is 5.75 Å². The van der Waals surface area contributed by atoms with Crippen molar-refractivity contribution in [3.8, 4) is 11.8 Å². The van der Waals surface area contributed by atoms with Crippen LogP contribution < -0.4 is 4.74 Å². The Kier molecular flexibility index (Phi) is 4.31. The number of nitrogens with zero attached hydrogens (tertiary/aromatic N) is 2. The van der Waals surface area contributed by atoms with Gasteiger partial charge in [0.25, 0.3) is 5.91 Å². The molecule has 1 saturated heterocycles. The molecule has 1 amide bonds. The summed E-state index contributed by atoms with van der Waals surface area (Å²) in [5.41, 5.74) is -2.12. The number of ether oxygens (including phenoxy) is 1. The van der Waals surface area contributed by atoms with Crippen molar-refractivity contribution in [1.82, 2.24) is 4.90 Å². The largest absolute Gasteiger partial charge is 0.480 e. The molecule has 1 heterocycles. The summed E-state index contributed by atoms with van der Waals surface area (Å²) in [4.78, 5) is 24.2. The number of para-hydroxylation sites is 1. The number of nitriles is 1. The van der Waals surface area contributed by atoms with Gasteiger partial charge in [-0.05, 0) is 19.1 Å². The average Bonchev–Trinajstić information content (AvgIpc) is 2.91. The number of likely N-dealkylation sites (tertiary alicyclic amines) is 1. The number of hydrogen-bond acceptors (Lipinski definition) is 4. The van der Waals surface area contributed by atoms with Gasteiger partial charge in [-0.1, -0.05) is 12.1 Å². The first kappa shape index (κ1) is 15.8. The van der Waals surface area contributed by atoms with Crippen LogP contribution in [-0.2, 0) is 9.59 Å². The predicted octanol–water partition coefficient (Wildman–Crippen LogP) is 1.35. The highest BCUT2D eigenvalue weighted by Crippen LogP contribution is 2.27. The van der Waals surface area contributed by atoms with Crippen LogP contribution in [0.2, 0.25) is 0 Å². The standard InChI is InChI=1S/C15H15FN2O4/c1-10(22-12-5-3-2-4-11(12)8-17)13(19)18-7-6-15(16,9-18)14(20)21/h2-5,10H,6-7,9H2,1H3,(H,20,21). The molecule has 0 spiro atoms. The highest BCUT2D eigenvalue weighted by atomic mass is 19.1. The minimum absolute atomic E-state index is 0.0230. The van der Waals surface area contributed by atoms with Gasteiger partial charge >= 0.3 is 5.97 Å². The fourth-order valence-electron chi connectivity index (χ4n) is 2.30. The summed E-state index contributed by atoms with van der Waals surface area (Å²) < 4.78 is 19.4. The number of carbonyl (C=O) groups excluding carboxylic acids is 1. The fraction of sp³-hybridized carbons (Fsp3) is 0.400. The number of rotatable bonds is 4. The van der Waals surface area contributed by atoms with Crippen molar-refractivity contribution in [3.63, 3.8) is 0 Å². The van der Waals surface area contributed by atoms with Crippen LogP contribution in [0.15, 0.2) is 24.3 Å². The number of halogens is 1. The Labute approximate surface area is 126 Å². The first-order valence-corrected chi connectivity index (χ1v) is 6.74. The van der Waals surface area contributed by atoms with E-state index in [1.54, 1.807) is 24.3 Å². The number of alkyl halides is 1. The molecule has 2 atom stereocenters. The SMILES string of the molecule is CC(Oc1ccccc1C#N)C(=O)N1CCC(F)(C(=O)O)C1. The highest BCUT2D eigenvalue weighted by Gasteiger charge is 2.47. The lowest BCUT2D eigenvalue weighted by Crippen LogP contribution is -2.43. The fourth-order valence-corrected chi connectivity index (χ4v) is 2.30. The number of carboxylic acid groups (broad SMARTS) is 1. The summed E-state index contributed by atoms with van der Waals surface area (Å²) in [5, 5.41) is 17.8. The minimum Gasteiger partial charge on any atom is -0.480 e. The van der Waals surface area contributed by atoms with Gasteiger partial charge in [-0.3, -0.25) is 4.79 Å². The Balaban J connectivity index is 2.05. The smallest absolute Gasteiger partial charge is 0.343 e. The number of aliphatic carboxylic acids is 1. The Hall–Kier alpha value is -2.62. The molecule has 116 valence electrons. The van der Waals surface area contributed by atoms with Gasteiger partial charge in [0.1, 0.15) is 11.8 Å².